The molecule has 0 aliphatic carbocycles. The fraction of sp³-hybridized carbons (Fsp3) is 0. The summed E-state index contributed by atoms with van der Waals surface area (Å²) in [4.78, 5) is 18.4. The van der Waals surface area contributed by atoms with E-state index in [0.717, 1.165) is 6.07 Å². The van der Waals surface area contributed by atoms with E-state index < -0.39 is 32.1 Å². The van der Waals surface area contributed by atoms with Crippen LogP contribution in [0.1, 0.15) is 0 Å². The molecule has 0 aliphatic rings. The first-order valence-electron chi connectivity index (χ1n) is 3.22. The fourth-order valence-corrected chi connectivity index (χ4v) is 1.10. The predicted molar refractivity (Wildman–Crippen MR) is 44.7 cm³/mol. The van der Waals surface area contributed by atoms with E-state index in [-0.39, 0.29) is 0 Å². The summed E-state index contributed by atoms with van der Waals surface area (Å²) in [5, 5.41) is 20.2. The molecular weight excluding hydrogens is 219 g/mol. The van der Waals surface area contributed by atoms with E-state index >= 15 is 0 Å². The number of halogens is 2. The van der Waals surface area contributed by atoms with E-state index in [0.29, 0.717) is 6.07 Å². The number of nitro groups is 2. The molecule has 0 saturated carbocycles. The highest BCUT2D eigenvalue weighted by molar-refractivity contribution is 6.33. The van der Waals surface area contributed by atoms with E-state index in [4.69, 9.17) is 11.6 Å². The molecule has 1 rings (SSSR count). The molecule has 0 fully saturated rings. The maximum Gasteiger partial charge on any atom is 0.382 e. The molecule has 0 aromatic heterocycles. The van der Waals surface area contributed by atoms with Gasteiger partial charge in [-0.15, -0.1) is 0 Å². The zero-order valence-corrected chi connectivity index (χ0v) is 7.19. The Morgan fingerprint density at radius 3 is 2.00 bits per heavy atom. The third kappa shape index (κ3) is 1.62. The summed E-state index contributed by atoms with van der Waals surface area (Å²) in [6, 6.07) is 1.59. The minimum Gasteiger partial charge on any atom is -0.258 e. The van der Waals surface area contributed by atoms with Gasteiger partial charge in [0.1, 0.15) is 5.02 Å². The normalized spacial score (nSPS) is 9.86. The molecule has 0 radical (unpaired) electrons. The number of hydrogen-bond acceptors (Lipinski definition) is 4. The first-order valence-corrected chi connectivity index (χ1v) is 3.59. The summed E-state index contributed by atoms with van der Waals surface area (Å²) in [6.07, 6.45) is 0. The van der Waals surface area contributed by atoms with Crippen LogP contribution >= 0.6 is 11.6 Å². The van der Waals surface area contributed by atoms with Gasteiger partial charge in [0, 0.05) is 0 Å². The molecule has 0 saturated heterocycles. The van der Waals surface area contributed by atoms with Crippen molar-refractivity contribution in [3.63, 3.8) is 0 Å². The standard InChI is InChI=1S/C6H2ClFN2O4/c7-3-1-2-4(8)6(10(13)14)5(3)9(11)12/h1-2H. The minimum atomic E-state index is -1.29. The third-order valence-electron chi connectivity index (χ3n) is 1.42. The van der Waals surface area contributed by atoms with Crippen molar-refractivity contribution in [2.75, 3.05) is 0 Å². The summed E-state index contributed by atoms with van der Waals surface area (Å²) >= 11 is 5.33. The molecule has 1 aromatic rings. The van der Waals surface area contributed by atoms with E-state index in [1.807, 2.05) is 0 Å². The van der Waals surface area contributed by atoms with Crippen LogP contribution < -0.4 is 0 Å². The van der Waals surface area contributed by atoms with Crippen molar-refractivity contribution in [3.05, 3.63) is 43.2 Å². The zero-order chi connectivity index (χ0) is 10.9. The van der Waals surface area contributed by atoms with Crippen LogP contribution in [-0.2, 0) is 0 Å². The average molecular weight is 221 g/mol. The Kier molecular flexibility index (Phi) is 2.61. The van der Waals surface area contributed by atoms with Crippen LogP contribution in [0.5, 0.6) is 0 Å². The Bertz CT molecular complexity index is 384. The highest BCUT2D eigenvalue weighted by Crippen LogP contribution is 2.35. The quantitative estimate of drug-likeness (QED) is 0.565. The van der Waals surface area contributed by atoms with Crippen LogP contribution in [0.3, 0.4) is 0 Å². The lowest BCUT2D eigenvalue weighted by molar-refractivity contribution is -0.424. The van der Waals surface area contributed by atoms with Crippen molar-refractivity contribution in [2.24, 2.45) is 0 Å². The topological polar surface area (TPSA) is 86.3 Å². The Balaban J connectivity index is 3.58. The van der Waals surface area contributed by atoms with Gasteiger partial charge < -0.3 is 0 Å². The second-order valence-electron chi connectivity index (χ2n) is 2.24. The maximum absolute atomic E-state index is 12.8. The van der Waals surface area contributed by atoms with Gasteiger partial charge in [-0.1, -0.05) is 11.6 Å². The number of nitrogens with zero attached hydrogens (tertiary/aromatic N) is 2. The highest BCUT2D eigenvalue weighted by Gasteiger charge is 2.32. The Morgan fingerprint density at radius 2 is 1.64 bits per heavy atom. The second-order valence-corrected chi connectivity index (χ2v) is 2.65. The molecule has 1 aromatic carbocycles. The highest BCUT2D eigenvalue weighted by atomic mass is 35.5. The van der Waals surface area contributed by atoms with Crippen LogP contribution in [0.25, 0.3) is 0 Å². The summed E-state index contributed by atoms with van der Waals surface area (Å²) in [6.45, 7) is 0. The molecule has 74 valence electrons. The molecule has 0 atom stereocenters. The number of nitro benzene ring substituents is 2. The molecule has 14 heavy (non-hydrogen) atoms. The maximum atomic E-state index is 12.8. The average Bonchev–Trinajstić information content (AvgIpc) is 2.07. The van der Waals surface area contributed by atoms with Crippen LogP contribution in [0.4, 0.5) is 15.8 Å². The van der Waals surface area contributed by atoms with Gasteiger partial charge >= 0.3 is 11.4 Å². The molecule has 6 nitrogen and oxygen atoms in total. The van der Waals surface area contributed by atoms with Crippen molar-refractivity contribution in [2.45, 2.75) is 0 Å². The van der Waals surface area contributed by atoms with E-state index in [2.05, 4.69) is 0 Å². The number of hydrogen-bond donors (Lipinski definition) is 0. The van der Waals surface area contributed by atoms with Gasteiger partial charge in [0.2, 0.25) is 5.82 Å². The van der Waals surface area contributed by atoms with Crippen molar-refractivity contribution in [1.82, 2.24) is 0 Å². The molecule has 8 heteroatoms. The lowest BCUT2D eigenvalue weighted by Crippen LogP contribution is -1.99. The van der Waals surface area contributed by atoms with Crippen LogP contribution in [-0.4, -0.2) is 9.85 Å². The number of benzene rings is 1. The van der Waals surface area contributed by atoms with Crippen molar-refractivity contribution < 1.29 is 14.2 Å². The lowest BCUT2D eigenvalue weighted by atomic mass is 10.2. The van der Waals surface area contributed by atoms with Crippen molar-refractivity contribution >= 4 is 23.0 Å². The summed E-state index contributed by atoms with van der Waals surface area (Å²) in [7, 11) is 0. The minimum absolute atomic E-state index is 0.469. The predicted octanol–water partition coefficient (Wildman–Crippen LogP) is 2.30. The second kappa shape index (κ2) is 3.54. The fourth-order valence-electron chi connectivity index (χ4n) is 0.878. The molecule has 0 amide bonds. The van der Waals surface area contributed by atoms with E-state index in [9.17, 15) is 24.6 Å². The Labute approximate surface area is 81.2 Å². The molecule has 0 aliphatic heterocycles. The summed E-state index contributed by atoms with van der Waals surface area (Å²) < 4.78 is 12.8. The largest absolute Gasteiger partial charge is 0.382 e. The Hall–Kier alpha value is -1.76. The molecular formula is C6H2ClFN2O4. The molecule has 0 bridgehead atoms. The summed E-state index contributed by atoms with van der Waals surface area (Å²) in [5.41, 5.74) is -2.25. The smallest absolute Gasteiger partial charge is 0.258 e. The van der Waals surface area contributed by atoms with Gasteiger partial charge in [-0.2, -0.15) is 4.39 Å². The van der Waals surface area contributed by atoms with Gasteiger partial charge in [0.25, 0.3) is 0 Å². The Morgan fingerprint density at radius 1 is 1.14 bits per heavy atom. The van der Waals surface area contributed by atoms with E-state index in [1.54, 1.807) is 0 Å². The molecule has 0 spiro atoms. The SMILES string of the molecule is O=[N+]([O-])c1c(F)ccc(Cl)c1[N+](=O)[O-]. The third-order valence-corrected chi connectivity index (χ3v) is 1.72. The van der Waals surface area contributed by atoms with Gasteiger partial charge in [-0.25, -0.2) is 0 Å². The van der Waals surface area contributed by atoms with Crippen LogP contribution in [0.2, 0.25) is 5.02 Å². The van der Waals surface area contributed by atoms with Gasteiger partial charge in [0.15, 0.2) is 0 Å². The first-order chi connectivity index (χ1) is 6.45. The summed E-state index contributed by atoms with van der Waals surface area (Å²) in [5.74, 6) is -1.29. The lowest BCUT2D eigenvalue weighted by Gasteiger charge is -1.97. The van der Waals surface area contributed by atoms with Crippen molar-refractivity contribution in [3.8, 4) is 0 Å². The van der Waals surface area contributed by atoms with Crippen LogP contribution in [0, 0.1) is 26.0 Å². The molecule has 0 N–H and O–H groups in total. The molecule has 0 unspecified atom stereocenters. The van der Waals surface area contributed by atoms with Gasteiger partial charge in [0.05, 0.1) is 9.85 Å². The number of rotatable bonds is 2. The van der Waals surface area contributed by atoms with Crippen LogP contribution in [0.15, 0.2) is 12.1 Å². The zero-order valence-electron chi connectivity index (χ0n) is 6.44. The first kappa shape index (κ1) is 10.3. The van der Waals surface area contributed by atoms with Gasteiger partial charge in [-0.3, -0.25) is 20.2 Å². The van der Waals surface area contributed by atoms with Crippen molar-refractivity contribution in [1.29, 1.82) is 0 Å². The van der Waals surface area contributed by atoms with E-state index in [1.165, 1.54) is 0 Å². The van der Waals surface area contributed by atoms with Gasteiger partial charge in [-0.05, 0) is 12.1 Å². The molecule has 0 heterocycles. The monoisotopic (exact) mass is 220 g/mol.